The van der Waals surface area contributed by atoms with E-state index < -0.39 is 7.12 Å². The SMILES string of the molecule is Cc1cnc(NC(=O)CCC2CC(=O)C3(C)CC[C@@H]4c5ccc(B(O)O)cc5CC[C@H]4[C@H]23)s1. The predicted octanol–water partition coefficient (Wildman–Crippen LogP) is 3.20. The van der Waals surface area contributed by atoms with E-state index in [1.165, 1.54) is 22.5 Å². The number of thiazole rings is 1. The van der Waals surface area contributed by atoms with Crippen LogP contribution in [-0.4, -0.2) is 33.8 Å². The van der Waals surface area contributed by atoms with E-state index in [4.69, 9.17) is 0 Å². The number of anilines is 1. The Kier molecular flexibility index (Phi) is 5.96. The summed E-state index contributed by atoms with van der Waals surface area (Å²) in [6.07, 6.45) is 7.27. The first-order valence-electron chi connectivity index (χ1n) is 12.0. The van der Waals surface area contributed by atoms with Crippen molar-refractivity contribution in [2.75, 3.05) is 5.32 Å². The second-order valence-electron chi connectivity index (χ2n) is 10.4. The van der Waals surface area contributed by atoms with E-state index in [-0.39, 0.29) is 17.2 Å². The summed E-state index contributed by atoms with van der Waals surface area (Å²) in [7, 11) is -1.45. The molecule has 5 atom stereocenters. The van der Waals surface area contributed by atoms with Gasteiger partial charge in [0.2, 0.25) is 5.91 Å². The minimum Gasteiger partial charge on any atom is -0.423 e. The molecule has 1 amide bonds. The van der Waals surface area contributed by atoms with Gasteiger partial charge in [-0.3, -0.25) is 9.59 Å². The third-order valence-electron chi connectivity index (χ3n) is 8.50. The summed E-state index contributed by atoms with van der Waals surface area (Å²) in [5.74, 6) is 1.71. The van der Waals surface area contributed by atoms with Crippen LogP contribution in [0.1, 0.15) is 67.4 Å². The molecule has 0 radical (unpaired) electrons. The summed E-state index contributed by atoms with van der Waals surface area (Å²) < 4.78 is 0. The lowest BCUT2D eigenvalue weighted by molar-refractivity contribution is -0.129. The molecule has 1 heterocycles. The van der Waals surface area contributed by atoms with Crippen LogP contribution in [-0.2, 0) is 16.0 Å². The maximum Gasteiger partial charge on any atom is 0.488 e. The van der Waals surface area contributed by atoms with Crippen LogP contribution in [0.2, 0.25) is 0 Å². The van der Waals surface area contributed by atoms with E-state index in [1.54, 1.807) is 6.20 Å². The summed E-state index contributed by atoms with van der Waals surface area (Å²) >= 11 is 1.47. The van der Waals surface area contributed by atoms with Crippen molar-refractivity contribution in [3.63, 3.8) is 0 Å². The van der Waals surface area contributed by atoms with Crippen LogP contribution in [0.3, 0.4) is 0 Å². The van der Waals surface area contributed by atoms with Crippen LogP contribution in [0, 0.1) is 30.1 Å². The average Bonchev–Trinajstić information content (AvgIpc) is 3.31. The van der Waals surface area contributed by atoms with Crippen LogP contribution in [0.25, 0.3) is 0 Å². The van der Waals surface area contributed by atoms with Crippen molar-refractivity contribution >= 4 is 40.7 Å². The molecule has 3 N–H and O–H groups in total. The number of carbonyl (C=O) groups is 2. The average molecular weight is 466 g/mol. The molecule has 2 saturated carbocycles. The van der Waals surface area contributed by atoms with Crippen LogP contribution < -0.4 is 10.8 Å². The molecule has 0 spiro atoms. The van der Waals surface area contributed by atoms with Gasteiger partial charge in [0.05, 0.1) is 0 Å². The van der Waals surface area contributed by atoms with E-state index in [2.05, 4.69) is 23.3 Å². The van der Waals surface area contributed by atoms with Gasteiger partial charge in [-0.15, -0.1) is 11.3 Å². The first-order valence-corrected chi connectivity index (χ1v) is 12.8. The van der Waals surface area contributed by atoms with Crippen molar-refractivity contribution < 1.29 is 19.6 Å². The van der Waals surface area contributed by atoms with Crippen LogP contribution in [0.4, 0.5) is 5.13 Å². The normalized spacial score (nSPS) is 30.4. The molecule has 0 aliphatic heterocycles. The lowest BCUT2D eigenvalue weighted by atomic mass is 9.53. The second kappa shape index (κ2) is 8.64. The lowest BCUT2D eigenvalue weighted by Crippen LogP contribution is -2.44. The zero-order valence-electron chi connectivity index (χ0n) is 19.2. The van der Waals surface area contributed by atoms with Gasteiger partial charge in [0.15, 0.2) is 5.13 Å². The summed E-state index contributed by atoms with van der Waals surface area (Å²) in [6.45, 7) is 4.13. The summed E-state index contributed by atoms with van der Waals surface area (Å²) in [5, 5.41) is 22.7. The van der Waals surface area contributed by atoms with Gasteiger partial charge in [-0.2, -0.15) is 0 Å². The zero-order chi connectivity index (χ0) is 23.3. The highest BCUT2D eigenvalue weighted by atomic mass is 32.1. The Hall–Kier alpha value is -2.03. The maximum atomic E-state index is 13.2. The monoisotopic (exact) mass is 466 g/mol. The fraction of sp³-hybridized carbons (Fsp3) is 0.560. The molecule has 174 valence electrons. The van der Waals surface area contributed by atoms with E-state index in [9.17, 15) is 19.6 Å². The highest BCUT2D eigenvalue weighted by Crippen LogP contribution is 2.62. The molecule has 2 unspecified atom stereocenters. The molecule has 6 nitrogen and oxygen atoms in total. The van der Waals surface area contributed by atoms with Gasteiger partial charge >= 0.3 is 7.12 Å². The van der Waals surface area contributed by atoms with Crippen LogP contribution >= 0.6 is 11.3 Å². The highest BCUT2D eigenvalue weighted by molar-refractivity contribution is 7.15. The highest BCUT2D eigenvalue weighted by Gasteiger charge is 2.58. The number of hydrogen-bond donors (Lipinski definition) is 3. The number of amides is 1. The Morgan fingerprint density at radius 1 is 1.33 bits per heavy atom. The van der Waals surface area contributed by atoms with Crippen molar-refractivity contribution in [2.45, 2.75) is 64.7 Å². The van der Waals surface area contributed by atoms with Gasteiger partial charge in [0, 0.05) is 29.3 Å². The van der Waals surface area contributed by atoms with Gasteiger partial charge in [-0.1, -0.05) is 25.1 Å². The topological polar surface area (TPSA) is 99.5 Å². The first kappa shape index (κ1) is 22.8. The smallest absolute Gasteiger partial charge is 0.423 e. The van der Waals surface area contributed by atoms with Crippen molar-refractivity contribution in [3.05, 3.63) is 40.4 Å². The van der Waals surface area contributed by atoms with Gasteiger partial charge in [0.1, 0.15) is 5.78 Å². The number of nitrogens with zero attached hydrogens (tertiary/aromatic N) is 1. The Bertz CT molecular complexity index is 1090. The molecule has 3 aliphatic rings. The zero-order valence-corrected chi connectivity index (χ0v) is 20.0. The number of rotatable bonds is 5. The van der Waals surface area contributed by atoms with Crippen molar-refractivity contribution in [1.29, 1.82) is 0 Å². The quantitative estimate of drug-likeness (QED) is 0.588. The fourth-order valence-electron chi connectivity index (χ4n) is 7.00. The Morgan fingerprint density at radius 3 is 2.88 bits per heavy atom. The Morgan fingerprint density at radius 2 is 2.15 bits per heavy atom. The number of hydrogen-bond acceptors (Lipinski definition) is 6. The first-order chi connectivity index (χ1) is 15.8. The standard InChI is InChI=1S/C25H31BN2O4S/c1-14-13-27-24(33-14)28-22(30)8-4-16-12-21(29)25(2)10-9-19-18-7-5-17(26(31)32)11-15(18)3-6-20(19)23(16)25/h5,7,11,13,16,19-20,23,31-32H,3-4,6,8-10,12H2,1-2H3,(H,27,28,30)/t16?,19-,20-,23+,25?/m1/s1. The summed E-state index contributed by atoms with van der Waals surface area (Å²) in [5.41, 5.74) is 2.79. The summed E-state index contributed by atoms with van der Waals surface area (Å²) in [4.78, 5) is 31.0. The van der Waals surface area contributed by atoms with Gasteiger partial charge in [0.25, 0.3) is 0 Å². The number of ketones is 1. The van der Waals surface area contributed by atoms with Crippen molar-refractivity contribution in [2.24, 2.45) is 23.2 Å². The predicted molar refractivity (Wildman–Crippen MR) is 129 cm³/mol. The number of nitrogens with one attached hydrogen (secondary N) is 1. The summed E-state index contributed by atoms with van der Waals surface area (Å²) in [6, 6.07) is 5.83. The molecule has 1 aromatic carbocycles. The lowest BCUT2D eigenvalue weighted by Gasteiger charge is -2.50. The van der Waals surface area contributed by atoms with Crippen molar-refractivity contribution in [1.82, 2.24) is 4.98 Å². The molecule has 2 aromatic rings. The van der Waals surface area contributed by atoms with E-state index in [0.717, 1.165) is 37.0 Å². The molecule has 1 aromatic heterocycles. The molecule has 0 saturated heterocycles. The van der Waals surface area contributed by atoms with Gasteiger partial charge in [-0.05, 0) is 79.3 Å². The number of benzene rings is 1. The molecule has 33 heavy (non-hydrogen) atoms. The van der Waals surface area contributed by atoms with Gasteiger partial charge < -0.3 is 15.4 Å². The number of fused-ring (bicyclic) bond motifs is 5. The molecule has 5 rings (SSSR count). The number of carbonyl (C=O) groups excluding carboxylic acids is 2. The molecule has 8 heteroatoms. The maximum absolute atomic E-state index is 13.2. The molecule has 3 aliphatic carbocycles. The van der Waals surface area contributed by atoms with Gasteiger partial charge in [-0.25, -0.2) is 4.98 Å². The number of Topliss-reactive ketones (excluding diaryl/α,β-unsaturated/α-hetero) is 1. The van der Waals surface area contributed by atoms with Crippen molar-refractivity contribution in [3.8, 4) is 0 Å². The second-order valence-corrected chi connectivity index (χ2v) is 11.6. The van der Waals surface area contributed by atoms with E-state index >= 15 is 0 Å². The van der Waals surface area contributed by atoms with Crippen LogP contribution in [0.5, 0.6) is 0 Å². The molecular weight excluding hydrogens is 435 g/mol. The Balaban J connectivity index is 1.33. The minimum absolute atomic E-state index is 0.0261. The largest absolute Gasteiger partial charge is 0.488 e. The fourth-order valence-corrected chi connectivity index (χ4v) is 7.68. The molecule has 2 fully saturated rings. The minimum atomic E-state index is -1.45. The third-order valence-corrected chi connectivity index (χ3v) is 9.33. The third kappa shape index (κ3) is 4.06. The van der Waals surface area contributed by atoms with E-state index in [1.807, 2.05) is 19.1 Å². The number of aromatic nitrogens is 1. The van der Waals surface area contributed by atoms with E-state index in [0.29, 0.717) is 47.0 Å². The Labute approximate surface area is 199 Å². The molecular formula is C25H31BN2O4S. The van der Waals surface area contributed by atoms with Crippen LogP contribution in [0.15, 0.2) is 24.4 Å². The molecule has 0 bridgehead atoms. The number of aryl methyl sites for hydroxylation is 2.